The molecule has 0 bridgehead atoms. The molecule has 3 rings (SSSR count). The molecule has 2 aromatic heterocycles. The number of rotatable bonds is 2. The number of hydrogen-bond acceptors (Lipinski definition) is 3. The Morgan fingerprint density at radius 3 is 2.83 bits per heavy atom. The number of para-hydroxylation sites is 1. The zero-order valence-electron chi connectivity index (χ0n) is 10.4. The summed E-state index contributed by atoms with van der Waals surface area (Å²) >= 11 is 0. The van der Waals surface area contributed by atoms with Gasteiger partial charge in [0.1, 0.15) is 5.69 Å². The normalized spacial score (nSPS) is 11.0. The van der Waals surface area contributed by atoms with E-state index in [-0.39, 0.29) is 0 Å². The molecule has 4 nitrogen and oxygen atoms in total. The molecule has 1 aromatic carbocycles. The first-order valence-corrected chi connectivity index (χ1v) is 6.05. The lowest BCUT2D eigenvalue weighted by molar-refractivity contribution is 0.967. The Labute approximate surface area is 105 Å². The Balaban J connectivity index is 2.16. The Morgan fingerprint density at radius 2 is 2.06 bits per heavy atom. The average Bonchev–Trinajstić information content (AvgIpc) is 2.79. The molecule has 0 aliphatic carbocycles. The number of aryl methyl sites for hydroxylation is 1. The number of aromatic nitrogens is 4. The van der Waals surface area contributed by atoms with Gasteiger partial charge in [-0.05, 0) is 19.4 Å². The van der Waals surface area contributed by atoms with Gasteiger partial charge in [-0.25, -0.2) is 9.97 Å². The zero-order valence-corrected chi connectivity index (χ0v) is 10.4. The first kappa shape index (κ1) is 10.9. The molecular weight excluding hydrogens is 224 g/mol. The molecule has 0 aliphatic rings. The van der Waals surface area contributed by atoms with Crippen molar-refractivity contribution in [2.45, 2.75) is 20.3 Å². The van der Waals surface area contributed by atoms with Gasteiger partial charge in [-0.2, -0.15) is 5.10 Å². The molecule has 3 aromatic rings. The van der Waals surface area contributed by atoms with Crippen molar-refractivity contribution in [3.63, 3.8) is 0 Å². The third-order valence-electron chi connectivity index (χ3n) is 3.16. The van der Waals surface area contributed by atoms with Crippen molar-refractivity contribution in [1.82, 2.24) is 20.2 Å². The van der Waals surface area contributed by atoms with E-state index in [2.05, 4.69) is 34.0 Å². The van der Waals surface area contributed by atoms with E-state index < -0.39 is 0 Å². The number of nitrogens with zero attached hydrogens (tertiary/aromatic N) is 3. The van der Waals surface area contributed by atoms with Crippen molar-refractivity contribution in [3.8, 4) is 11.5 Å². The third-order valence-corrected chi connectivity index (χ3v) is 3.16. The van der Waals surface area contributed by atoms with Crippen molar-refractivity contribution >= 4 is 10.9 Å². The fraction of sp³-hybridized carbons (Fsp3) is 0.214. The monoisotopic (exact) mass is 238 g/mol. The van der Waals surface area contributed by atoms with Gasteiger partial charge in [0.2, 0.25) is 0 Å². The highest BCUT2D eigenvalue weighted by molar-refractivity contribution is 5.79. The summed E-state index contributed by atoms with van der Waals surface area (Å²) in [7, 11) is 0. The lowest BCUT2D eigenvalue weighted by Gasteiger charge is -2.00. The van der Waals surface area contributed by atoms with Gasteiger partial charge >= 0.3 is 0 Å². The molecule has 0 fully saturated rings. The maximum absolute atomic E-state index is 4.56. The van der Waals surface area contributed by atoms with E-state index >= 15 is 0 Å². The van der Waals surface area contributed by atoms with Crippen LogP contribution in [0.3, 0.4) is 0 Å². The molecule has 0 radical (unpaired) electrons. The number of fused-ring (bicyclic) bond motifs is 1. The van der Waals surface area contributed by atoms with E-state index in [4.69, 9.17) is 0 Å². The largest absolute Gasteiger partial charge is 0.282 e. The maximum Gasteiger partial charge on any atom is 0.180 e. The summed E-state index contributed by atoms with van der Waals surface area (Å²) in [6, 6.07) is 7.96. The lowest BCUT2D eigenvalue weighted by atomic mass is 10.1. The quantitative estimate of drug-likeness (QED) is 0.746. The van der Waals surface area contributed by atoms with Crippen LogP contribution in [0.5, 0.6) is 0 Å². The topological polar surface area (TPSA) is 54.5 Å². The summed E-state index contributed by atoms with van der Waals surface area (Å²) in [5.74, 6) is 0.683. The second kappa shape index (κ2) is 4.22. The third kappa shape index (κ3) is 1.66. The van der Waals surface area contributed by atoms with Crippen LogP contribution in [0.2, 0.25) is 0 Å². The average molecular weight is 238 g/mol. The van der Waals surface area contributed by atoms with Crippen LogP contribution in [0.1, 0.15) is 18.2 Å². The van der Waals surface area contributed by atoms with Crippen LogP contribution in [0, 0.1) is 6.92 Å². The summed E-state index contributed by atoms with van der Waals surface area (Å²) in [4.78, 5) is 8.95. The van der Waals surface area contributed by atoms with Gasteiger partial charge in [-0.1, -0.05) is 25.1 Å². The highest BCUT2D eigenvalue weighted by Gasteiger charge is 2.12. The SMILES string of the molecule is CCc1[nH]nc(-c2ncc3ccccc3n2)c1C. The molecule has 0 unspecified atom stereocenters. The minimum absolute atomic E-state index is 0.683. The smallest absolute Gasteiger partial charge is 0.180 e. The Morgan fingerprint density at radius 1 is 1.22 bits per heavy atom. The van der Waals surface area contributed by atoms with Gasteiger partial charge in [0.05, 0.1) is 5.52 Å². The number of benzene rings is 1. The van der Waals surface area contributed by atoms with Gasteiger partial charge < -0.3 is 0 Å². The van der Waals surface area contributed by atoms with E-state index in [1.807, 2.05) is 30.5 Å². The fourth-order valence-electron chi connectivity index (χ4n) is 2.08. The molecular formula is C14H14N4. The van der Waals surface area contributed by atoms with Crippen LogP contribution in [0.25, 0.3) is 22.4 Å². The zero-order chi connectivity index (χ0) is 12.5. The number of nitrogens with one attached hydrogen (secondary N) is 1. The van der Waals surface area contributed by atoms with Crippen molar-refractivity contribution in [1.29, 1.82) is 0 Å². The first-order valence-electron chi connectivity index (χ1n) is 6.05. The van der Waals surface area contributed by atoms with Gasteiger partial charge in [-0.3, -0.25) is 5.10 Å². The summed E-state index contributed by atoms with van der Waals surface area (Å²) in [5, 5.41) is 8.40. The van der Waals surface area contributed by atoms with Gasteiger partial charge in [-0.15, -0.1) is 0 Å². The predicted octanol–water partition coefficient (Wildman–Crippen LogP) is 2.89. The maximum atomic E-state index is 4.56. The molecule has 18 heavy (non-hydrogen) atoms. The van der Waals surface area contributed by atoms with Crippen LogP contribution in [-0.2, 0) is 6.42 Å². The van der Waals surface area contributed by atoms with Crippen molar-refractivity contribution < 1.29 is 0 Å². The van der Waals surface area contributed by atoms with E-state index in [0.717, 1.165) is 34.3 Å². The number of hydrogen-bond donors (Lipinski definition) is 1. The van der Waals surface area contributed by atoms with Crippen molar-refractivity contribution in [2.24, 2.45) is 0 Å². The minimum atomic E-state index is 0.683. The summed E-state index contributed by atoms with van der Waals surface area (Å²) in [6.07, 6.45) is 2.78. The second-order valence-electron chi connectivity index (χ2n) is 4.28. The molecule has 4 heteroatoms. The van der Waals surface area contributed by atoms with Crippen molar-refractivity contribution in [3.05, 3.63) is 41.7 Å². The minimum Gasteiger partial charge on any atom is -0.282 e. The predicted molar refractivity (Wildman–Crippen MR) is 71.2 cm³/mol. The van der Waals surface area contributed by atoms with Crippen LogP contribution < -0.4 is 0 Å². The first-order chi connectivity index (χ1) is 8.79. The van der Waals surface area contributed by atoms with Crippen LogP contribution in [-0.4, -0.2) is 20.2 Å². The van der Waals surface area contributed by atoms with Gasteiger partial charge in [0.25, 0.3) is 0 Å². The van der Waals surface area contributed by atoms with Crippen LogP contribution in [0.15, 0.2) is 30.5 Å². The van der Waals surface area contributed by atoms with E-state index in [0.29, 0.717) is 5.82 Å². The van der Waals surface area contributed by atoms with Gasteiger partial charge in [0.15, 0.2) is 5.82 Å². The Bertz CT molecular complexity index is 700. The molecule has 2 heterocycles. The Kier molecular flexibility index (Phi) is 2.55. The summed E-state index contributed by atoms with van der Waals surface area (Å²) in [6.45, 7) is 4.15. The molecule has 0 amide bonds. The second-order valence-corrected chi connectivity index (χ2v) is 4.28. The molecule has 90 valence electrons. The molecule has 0 atom stereocenters. The van der Waals surface area contributed by atoms with E-state index in [9.17, 15) is 0 Å². The fourth-order valence-corrected chi connectivity index (χ4v) is 2.08. The highest BCUT2D eigenvalue weighted by Crippen LogP contribution is 2.21. The standard InChI is InChI=1S/C14H14N4/c1-3-11-9(2)13(18-17-11)14-15-8-10-6-4-5-7-12(10)16-14/h4-8H,3H2,1-2H3,(H,17,18). The number of H-pyrrole nitrogens is 1. The molecule has 0 aliphatic heterocycles. The lowest BCUT2D eigenvalue weighted by Crippen LogP contribution is -1.92. The number of aromatic amines is 1. The van der Waals surface area contributed by atoms with Crippen LogP contribution in [0.4, 0.5) is 0 Å². The van der Waals surface area contributed by atoms with Crippen LogP contribution >= 0.6 is 0 Å². The molecule has 0 saturated carbocycles. The van der Waals surface area contributed by atoms with E-state index in [1.165, 1.54) is 0 Å². The molecule has 1 N–H and O–H groups in total. The molecule has 0 spiro atoms. The summed E-state index contributed by atoms with van der Waals surface area (Å²) in [5.41, 5.74) is 4.06. The highest BCUT2D eigenvalue weighted by atomic mass is 15.1. The van der Waals surface area contributed by atoms with Crippen molar-refractivity contribution in [2.75, 3.05) is 0 Å². The summed E-state index contributed by atoms with van der Waals surface area (Å²) < 4.78 is 0. The molecule has 0 saturated heterocycles. The van der Waals surface area contributed by atoms with E-state index in [1.54, 1.807) is 0 Å². The van der Waals surface area contributed by atoms with Gasteiger partial charge in [0, 0.05) is 22.8 Å². The Hall–Kier alpha value is -2.23.